The molecule has 0 saturated carbocycles. The molecule has 0 spiro atoms. The quantitative estimate of drug-likeness (QED) is 0.761. The van der Waals surface area contributed by atoms with E-state index >= 15 is 0 Å². The number of hydrogen-bond acceptors (Lipinski definition) is 5. The van der Waals surface area contributed by atoms with Crippen molar-refractivity contribution in [2.24, 2.45) is 17.4 Å². The molecule has 0 aliphatic carbocycles. The lowest BCUT2D eigenvalue weighted by Gasteiger charge is -2.09. The molecule has 0 fully saturated rings. The van der Waals surface area contributed by atoms with Crippen LogP contribution in [0.2, 0.25) is 0 Å². The predicted octanol–water partition coefficient (Wildman–Crippen LogP) is 1.41. The number of carbonyl (C=O) groups is 2. The first kappa shape index (κ1) is 19.3. The number of ketones is 2. The number of aromatic hydroxyl groups is 1. The largest absolute Gasteiger partial charge is 0.508 e. The molecule has 21 heavy (non-hydrogen) atoms. The fraction of sp³-hybridized carbons (Fsp3) is 0.500. The van der Waals surface area contributed by atoms with Gasteiger partial charge in [-0.05, 0) is 43.9 Å². The molecule has 1 rings (SSSR count). The smallest absolute Gasteiger partial charge is 0.146 e. The summed E-state index contributed by atoms with van der Waals surface area (Å²) in [7, 11) is 0. The summed E-state index contributed by atoms with van der Waals surface area (Å²) in [6, 6.07) is 5.99. The third kappa shape index (κ3) is 8.22. The number of rotatable bonds is 5. The normalized spacial score (nSPS) is 13.1. The highest BCUT2D eigenvalue weighted by atomic mass is 16.3. The molecular weight excluding hydrogens is 268 g/mol. The number of nitrogens with two attached hydrogens (primary N) is 2. The molecule has 0 saturated heterocycles. The van der Waals surface area contributed by atoms with Gasteiger partial charge in [0.2, 0.25) is 0 Å². The summed E-state index contributed by atoms with van der Waals surface area (Å²) in [6.45, 7) is 6.87. The van der Waals surface area contributed by atoms with E-state index in [-0.39, 0.29) is 29.3 Å². The number of hydrogen-bond donors (Lipinski definition) is 3. The van der Waals surface area contributed by atoms with Crippen molar-refractivity contribution in [2.45, 2.75) is 46.2 Å². The first-order valence-electron chi connectivity index (χ1n) is 6.95. The Morgan fingerprint density at radius 3 is 1.81 bits per heavy atom. The van der Waals surface area contributed by atoms with Crippen molar-refractivity contribution in [1.29, 1.82) is 0 Å². The van der Waals surface area contributed by atoms with E-state index in [0.717, 1.165) is 5.56 Å². The van der Waals surface area contributed by atoms with Gasteiger partial charge in [-0.2, -0.15) is 0 Å². The minimum Gasteiger partial charge on any atom is -0.508 e. The molecule has 0 aromatic heterocycles. The summed E-state index contributed by atoms with van der Waals surface area (Å²) in [4.78, 5) is 21.3. The van der Waals surface area contributed by atoms with Crippen molar-refractivity contribution < 1.29 is 14.7 Å². The second-order valence-electron chi connectivity index (χ2n) is 5.47. The van der Waals surface area contributed by atoms with Crippen molar-refractivity contribution >= 4 is 11.6 Å². The summed E-state index contributed by atoms with van der Waals surface area (Å²) in [5.74, 6) is 0.542. The standard InChI is InChI=1S/C10H13NO2.C6H13NO/c1-7(12)10(11)6-8-2-4-9(13)5-3-8;1-4(2)6(7)5(3)8/h2-5,10,13H,6,11H2,1H3;4,6H,7H2,1-3H3. The molecule has 0 aliphatic heterocycles. The Labute approximate surface area is 126 Å². The zero-order valence-electron chi connectivity index (χ0n) is 13.2. The highest BCUT2D eigenvalue weighted by Crippen LogP contribution is 2.10. The van der Waals surface area contributed by atoms with Crippen LogP contribution in [0.5, 0.6) is 5.75 Å². The number of phenolic OH excluding ortho intramolecular Hbond substituents is 1. The monoisotopic (exact) mass is 294 g/mol. The molecule has 5 N–H and O–H groups in total. The van der Waals surface area contributed by atoms with Crippen molar-refractivity contribution in [3.63, 3.8) is 0 Å². The third-order valence-corrected chi connectivity index (χ3v) is 3.10. The third-order valence-electron chi connectivity index (χ3n) is 3.10. The van der Waals surface area contributed by atoms with Crippen LogP contribution in [0.3, 0.4) is 0 Å². The molecule has 0 radical (unpaired) electrons. The van der Waals surface area contributed by atoms with Gasteiger partial charge in [-0.15, -0.1) is 0 Å². The molecule has 0 bridgehead atoms. The van der Waals surface area contributed by atoms with Crippen molar-refractivity contribution in [3.8, 4) is 5.75 Å². The number of phenols is 1. The summed E-state index contributed by atoms with van der Waals surface area (Å²) in [5.41, 5.74) is 11.9. The van der Waals surface area contributed by atoms with Crippen molar-refractivity contribution in [3.05, 3.63) is 29.8 Å². The van der Waals surface area contributed by atoms with Gasteiger partial charge in [0, 0.05) is 0 Å². The number of carbonyl (C=O) groups excluding carboxylic acids is 2. The van der Waals surface area contributed by atoms with Gasteiger partial charge >= 0.3 is 0 Å². The van der Waals surface area contributed by atoms with Crippen LogP contribution in [0.25, 0.3) is 0 Å². The van der Waals surface area contributed by atoms with Crippen LogP contribution in [0.1, 0.15) is 33.3 Å². The Hall–Kier alpha value is -1.72. The van der Waals surface area contributed by atoms with E-state index in [1.807, 2.05) is 13.8 Å². The number of Topliss-reactive ketones (excluding diaryl/α,β-unsaturated/α-hetero) is 2. The molecule has 5 heteroatoms. The maximum atomic E-state index is 10.8. The summed E-state index contributed by atoms with van der Waals surface area (Å²) in [5, 5.41) is 9.00. The molecule has 2 unspecified atom stereocenters. The highest BCUT2D eigenvalue weighted by Gasteiger charge is 2.11. The lowest BCUT2D eigenvalue weighted by Crippen LogP contribution is -2.33. The summed E-state index contributed by atoms with van der Waals surface area (Å²) < 4.78 is 0. The molecule has 2 atom stereocenters. The fourth-order valence-electron chi connectivity index (χ4n) is 1.50. The van der Waals surface area contributed by atoms with Crippen molar-refractivity contribution in [2.75, 3.05) is 0 Å². The van der Waals surface area contributed by atoms with Crippen LogP contribution in [-0.4, -0.2) is 28.8 Å². The van der Waals surface area contributed by atoms with Crippen LogP contribution in [0, 0.1) is 5.92 Å². The SMILES string of the molecule is CC(=O)C(N)C(C)C.CC(=O)C(N)Cc1ccc(O)cc1. The van der Waals surface area contributed by atoms with Gasteiger partial charge in [0.15, 0.2) is 0 Å². The van der Waals surface area contributed by atoms with Crippen LogP contribution < -0.4 is 11.5 Å². The van der Waals surface area contributed by atoms with Gasteiger partial charge < -0.3 is 16.6 Å². The van der Waals surface area contributed by atoms with Gasteiger partial charge in [-0.25, -0.2) is 0 Å². The summed E-state index contributed by atoms with van der Waals surface area (Å²) in [6.07, 6.45) is 0.523. The topological polar surface area (TPSA) is 106 Å². The van der Waals surface area contributed by atoms with Gasteiger partial charge in [-0.3, -0.25) is 9.59 Å². The van der Waals surface area contributed by atoms with Gasteiger partial charge in [0.25, 0.3) is 0 Å². The Bertz CT molecular complexity index is 455. The molecule has 0 aliphatic rings. The van der Waals surface area contributed by atoms with E-state index in [1.54, 1.807) is 24.3 Å². The zero-order valence-corrected chi connectivity index (χ0v) is 13.2. The van der Waals surface area contributed by atoms with Crippen molar-refractivity contribution in [1.82, 2.24) is 0 Å². The average Bonchev–Trinajstić information content (AvgIpc) is 2.40. The Morgan fingerprint density at radius 1 is 1.05 bits per heavy atom. The predicted molar refractivity (Wildman–Crippen MR) is 84.0 cm³/mol. The van der Waals surface area contributed by atoms with E-state index in [1.165, 1.54) is 13.8 Å². The maximum absolute atomic E-state index is 10.8. The maximum Gasteiger partial charge on any atom is 0.146 e. The minimum atomic E-state index is -0.440. The van der Waals surface area contributed by atoms with Gasteiger partial charge in [0.05, 0.1) is 12.1 Å². The Balaban J connectivity index is 0.000000433. The van der Waals surface area contributed by atoms with Crippen LogP contribution in [0.15, 0.2) is 24.3 Å². The van der Waals surface area contributed by atoms with E-state index in [0.29, 0.717) is 6.42 Å². The second kappa shape index (κ2) is 9.26. The first-order chi connectivity index (χ1) is 9.65. The Morgan fingerprint density at radius 2 is 1.52 bits per heavy atom. The van der Waals surface area contributed by atoms with Crippen LogP contribution >= 0.6 is 0 Å². The van der Waals surface area contributed by atoms with Crippen LogP contribution in [0.4, 0.5) is 0 Å². The zero-order chi connectivity index (χ0) is 16.6. The molecule has 118 valence electrons. The lowest BCUT2D eigenvalue weighted by atomic mass is 10.0. The molecular formula is C16H26N2O3. The van der Waals surface area contributed by atoms with E-state index in [9.17, 15) is 9.59 Å². The lowest BCUT2D eigenvalue weighted by molar-refractivity contribution is -0.119. The number of benzene rings is 1. The van der Waals surface area contributed by atoms with E-state index < -0.39 is 6.04 Å². The van der Waals surface area contributed by atoms with Gasteiger partial charge in [0.1, 0.15) is 17.3 Å². The van der Waals surface area contributed by atoms with E-state index in [4.69, 9.17) is 16.6 Å². The highest BCUT2D eigenvalue weighted by molar-refractivity contribution is 5.81. The van der Waals surface area contributed by atoms with Gasteiger partial charge in [-0.1, -0.05) is 26.0 Å². The molecule has 1 aromatic rings. The fourth-order valence-corrected chi connectivity index (χ4v) is 1.50. The molecule has 0 amide bonds. The first-order valence-corrected chi connectivity index (χ1v) is 6.95. The minimum absolute atomic E-state index is 0.0203. The molecule has 5 nitrogen and oxygen atoms in total. The van der Waals surface area contributed by atoms with Crippen LogP contribution in [-0.2, 0) is 16.0 Å². The summed E-state index contributed by atoms with van der Waals surface area (Å²) >= 11 is 0. The molecule has 1 aromatic carbocycles. The molecule has 0 heterocycles. The van der Waals surface area contributed by atoms with E-state index in [2.05, 4.69) is 0 Å². The Kier molecular flexibility index (Phi) is 8.50. The second-order valence-corrected chi connectivity index (χ2v) is 5.47. The average molecular weight is 294 g/mol.